The highest BCUT2D eigenvalue weighted by molar-refractivity contribution is 5.82. The van der Waals surface area contributed by atoms with Crippen LogP contribution in [-0.2, 0) is 4.79 Å². The van der Waals surface area contributed by atoms with Crippen molar-refractivity contribution in [2.24, 2.45) is 11.7 Å². The number of hydrogen-bond acceptors (Lipinski definition) is 2. The summed E-state index contributed by atoms with van der Waals surface area (Å²) in [4.78, 5) is 13.6. The quantitative estimate of drug-likeness (QED) is 0.778. The average Bonchev–Trinajstić information content (AvgIpc) is 2.75. The number of amides is 1. The Morgan fingerprint density at radius 1 is 1.25 bits per heavy atom. The number of nitrogens with zero attached hydrogens (tertiary/aromatic N) is 1. The molecule has 1 amide bonds. The first kappa shape index (κ1) is 11.8. The van der Waals surface area contributed by atoms with Crippen LogP contribution in [-0.4, -0.2) is 36.1 Å². The Kier molecular flexibility index (Phi) is 3.79. The zero-order valence-corrected chi connectivity index (χ0v) is 9.70. The van der Waals surface area contributed by atoms with Crippen LogP contribution in [0.25, 0.3) is 0 Å². The van der Waals surface area contributed by atoms with Gasteiger partial charge in [-0.25, -0.2) is 4.39 Å². The number of likely N-dealkylation sites (tertiary alicyclic amines) is 1. The van der Waals surface area contributed by atoms with Gasteiger partial charge in [-0.3, -0.25) is 4.79 Å². The molecule has 0 bridgehead atoms. The Morgan fingerprint density at radius 2 is 1.94 bits per heavy atom. The molecule has 0 unspecified atom stereocenters. The number of alkyl halides is 1. The fourth-order valence-corrected chi connectivity index (χ4v) is 2.82. The monoisotopic (exact) mass is 228 g/mol. The van der Waals surface area contributed by atoms with Gasteiger partial charge in [0.1, 0.15) is 6.17 Å². The van der Waals surface area contributed by atoms with E-state index in [0.717, 1.165) is 12.8 Å². The summed E-state index contributed by atoms with van der Waals surface area (Å²) in [5, 5.41) is 0. The summed E-state index contributed by atoms with van der Waals surface area (Å²) in [6.07, 6.45) is 5.35. The summed E-state index contributed by atoms with van der Waals surface area (Å²) in [6, 6.07) is -0.398. The third-order valence-electron chi connectivity index (χ3n) is 3.89. The van der Waals surface area contributed by atoms with Gasteiger partial charge in [0, 0.05) is 6.54 Å². The Morgan fingerprint density at radius 3 is 2.50 bits per heavy atom. The maximum atomic E-state index is 13.0. The number of hydrogen-bond donors (Lipinski definition) is 1. The highest BCUT2D eigenvalue weighted by Gasteiger charge is 2.33. The number of nitrogens with two attached hydrogens (primary N) is 1. The number of carbonyl (C=O) groups is 1. The Labute approximate surface area is 96.2 Å². The predicted molar refractivity (Wildman–Crippen MR) is 60.6 cm³/mol. The molecule has 1 heterocycles. The van der Waals surface area contributed by atoms with E-state index in [1.54, 1.807) is 4.90 Å². The smallest absolute Gasteiger partial charge is 0.239 e. The van der Waals surface area contributed by atoms with E-state index in [1.165, 1.54) is 19.3 Å². The maximum absolute atomic E-state index is 13.0. The summed E-state index contributed by atoms with van der Waals surface area (Å²) >= 11 is 0. The molecule has 2 fully saturated rings. The van der Waals surface area contributed by atoms with Gasteiger partial charge in [-0.15, -0.1) is 0 Å². The van der Waals surface area contributed by atoms with Crippen LogP contribution in [0.3, 0.4) is 0 Å². The van der Waals surface area contributed by atoms with Crippen LogP contribution in [0.4, 0.5) is 4.39 Å². The highest BCUT2D eigenvalue weighted by Crippen LogP contribution is 2.27. The van der Waals surface area contributed by atoms with Crippen LogP contribution in [0, 0.1) is 5.92 Å². The van der Waals surface area contributed by atoms with E-state index >= 15 is 0 Å². The van der Waals surface area contributed by atoms with E-state index in [2.05, 4.69) is 0 Å². The third-order valence-corrected chi connectivity index (χ3v) is 3.89. The average molecular weight is 228 g/mol. The SMILES string of the molecule is N[C@H](C(=O)N1CC[C@H](F)C1)C1CCCCC1. The van der Waals surface area contributed by atoms with Crippen molar-refractivity contribution in [2.45, 2.75) is 50.7 Å². The van der Waals surface area contributed by atoms with Gasteiger partial charge >= 0.3 is 0 Å². The van der Waals surface area contributed by atoms with E-state index in [9.17, 15) is 9.18 Å². The molecule has 2 atom stereocenters. The van der Waals surface area contributed by atoms with E-state index in [0.29, 0.717) is 18.9 Å². The molecule has 92 valence electrons. The normalized spacial score (nSPS) is 29.4. The van der Waals surface area contributed by atoms with E-state index in [-0.39, 0.29) is 12.5 Å². The molecule has 0 aromatic rings. The molecule has 3 nitrogen and oxygen atoms in total. The van der Waals surface area contributed by atoms with Crippen molar-refractivity contribution < 1.29 is 9.18 Å². The first-order valence-electron chi connectivity index (χ1n) is 6.37. The maximum Gasteiger partial charge on any atom is 0.239 e. The largest absolute Gasteiger partial charge is 0.338 e. The predicted octanol–water partition coefficient (Wildman–Crippen LogP) is 1.46. The summed E-state index contributed by atoms with van der Waals surface area (Å²) < 4.78 is 13.0. The first-order chi connectivity index (χ1) is 7.68. The van der Waals surface area contributed by atoms with Crippen LogP contribution in [0.2, 0.25) is 0 Å². The summed E-state index contributed by atoms with van der Waals surface area (Å²) in [5.74, 6) is 0.284. The van der Waals surface area contributed by atoms with Gasteiger partial charge in [0.2, 0.25) is 5.91 Å². The molecule has 0 aromatic carbocycles. The molecule has 1 aliphatic carbocycles. The van der Waals surface area contributed by atoms with Crippen molar-refractivity contribution in [2.75, 3.05) is 13.1 Å². The van der Waals surface area contributed by atoms with Crippen LogP contribution in [0.1, 0.15) is 38.5 Å². The number of halogens is 1. The molecule has 16 heavy (non-hydrogen) atoms. The van der Waals surface area contributed by atoms with Gasteiger partial charge in [-0.05, 0) is 25.2 Å². The number of rotatable bonds is 2. The van der Waals surface area contributed by atoms with Crippen molar-refractivity contribution >= 4 is 5.91 Å². The molecule has 2 rings (SSSR count). The van der Waals surface area contributed by atoms with Gasteiger partial charge in [-0.1, -0.05) is 19.3 Å². The van der Waals surface area contributed by atoms with E-state index < -0.39 is 12.2 Å². The molecule has 0 radical (unpaired) electrons. The van der Waals surface area contributed by atoms with Crippen molar-refractivity contribution in [3.8, 4) is 0 Å². The van der Waals surface area contributed by atoms with Crippen LogP contribution in [0.15, 0.2) is 0 Å². The first-order valence-corrected chi connectivity index (χ1v) is 6.37. The molecule has 0 aromatic heterocycles. The molecular formula is C12H21FN2O. The zero-order chi connectivity index (χ0) is 11.5. The molecule has 1 saturated carbocycles. The second-order valence-electron chi connectivity index (χ2n) is 5.09. The van der Waals surface area contributed by atoms with Gasteiger partial charge in [-0.2, -0.15) is 0 Å². The van der Waals surface area contributed by atoms with Crippen LogP contribution in [0.5, 0.6) is 0 Å². The molecule has 1 aliphatic heterocycles. The highest BCUT2D eigenvalue weighted by atomic mass is 19.1. The second-order valence-corrected chi connectivity index (χ2v) is 5.09. The lowest BCUT2D eigenvalue weighted by atomic mass is 9.84. The minimum Gasteiger partial charge on any atom is -0.338 e. The van der Waals surface area contributed by atoms with Crippen molar-refractivity contribution in [1.82, 2.24) is 4.90 Å². The Bertz CT molecular complexity index is 253. The third kappa shape index (κ3) is 2.54. The molecule has 1 saturated heterocycles. The molecule has 2 N–H and O–H groups in total. The topological polar surface area (TPSA) is 46.3 Å². The van der Waals surface area contributed by atoms with E-state index in [1.807, 2.05) is 0 Å². The van der Waals surface area contributed by atoms with Gasteiger partial charge in [0.05, 0.1) is 12.6 Å². The lowest BCUT2D eigenvalue weighted by Crippen LogP contribution is -2.47. The molecule has 0 spiro atoms. The van der Waals surface area contributed by atoms with Gasteiger partial charge < -0.3 is 10.6 Å². The summed E-state index contributed by atoms with van der Waals surface area (Å²) in [6.45, 7) is 0.791. The zero-order valence-electron chi connectivity index (χ0n) is 9.70. The summed E-state index contributed by atoms with van der Waals surface area (Å²) in [7, 11) is 0. The van der Waals surface area contributed by atoms with Crippen molar-refractivity contribution in [3.63, 3.8) is 0 Å². The minimum atomic E-state index is -0.845. The standard InChI is InChI=1S/C12H21FN2O/c13-10-6-7-15(8-10)12(16)11(14)9-4-2-1-3-5-9/h9-11H,1-8,14H2/t10-,11-/m0/s1. The lowest BCUT2D eigenvalue weighted by Gasteiger charge is -2.29. The van der Waals surface area contributed by atoms with Crippen LogP contribution < -0.4 is 5.73 Å². The van der Waals surface area contributed by atoms with Crippen molar-refractivity contribution in [3.05, 3.63) is 0 Å². The minimum absolute atomic E-state index is 0.0351. The van der Waals surface area contributed by atoms with Gasteiger partial charge in [0.25, 0.3) is 0 Å². The fourth-order valence-electron chi connectivity index (χ4n) is 2.82. The molecular weight excluding hydrogens is 207 g/mol. The Hall–Kier alpha value is -0.640. The van der Waals surface area contributed by atoms with Crippen LogP contribution >= 0.6 is 0 Å². The van der Waals surface area contributed by atoms with Gasteiger partial charge in [0.15, 0.2) is 0 Å². The lowest BCUT2D eigenvalue weighted by molar-refractivity contribution is -0.133. The molecule has 4 heteroatoms. The number of carbonyl (C=O) groups excluding carboxylic acids is 1. The second kappa shape index (κ2) is 5.13. The molecule has 2 aliphatic rings. The van der Waals surface area contributed by atoms with Crippen molar-refractivity contribution in [1.29, 1.82) is 0 Å². The Balaban J connectivity index is 1.88. The fraction of sp³-hybridized carbons (Fsp3) is 0.917. The van der Waals surface area contributed by atoms with E-state index in [4.69, 9.17) is 5.73 Å². The summed E-state index contributed by atoms with van der Waals surface area (Å²) in [5.41, 5.74) is 6.00.